The molecule has 1 aliphatic carbocycles. The van der Waals surface area contributed by atoms with Crippen LogP contribution in [0.1, 0.15) is 49.4 Å². The van der Waals surface area contributed by atoms with E-state index >= 15 is 0 Å². The molecule has 1 saturated carbocycles. The lowest BCUT2D eigenvalue weighted by Crippen LogP contribution is -2.29. The number of carbonyl (C=O) groups is 2. The molecule has 1 amide bonds. The maximum atomic E-state index is 12.9. The fourth-order valence-corrected chi connectivity index (χ4v) is 3.18. The van der Waals surface area contributed by atoms with Gasteiger partial charge < -0.3 is 5.32 Å². The Morgan fingerprint density at radius 2 is 1.88 bits per heavy atom. The van der Waals surface area contributed by atoms with Crippen LogP contribution in [0.25, 0.3) is 0 Å². The first-order valence-electron chi connectivity index (χ1n) is 8.77. The summed E-state index contributed by atoms with van der Waals surface area (Å²) in [6.45, 7) is 1.45. The molecule has 1 aromatic heterocycles. The highest BCUT2D eigenvalue weighted by Crippen LogP contribution is 2.19. The van der Waals surface area contributed by atoms with Gasteiger partial charge in [0.25, 0.3) is 5.91 Å². The number of anilines is 1. The van der Waals surface area contributed by atoms with Crippen molar-refractivity contribution in [1.82, 2.24) is 4.57 Å². The summed E-state index contributed by atoms with van der Waals surface area (Å²) in [5.41, 5.74) is 1.81. The number of amides is 1. The molecule has 5 nitrogen and oxygen atoms in total. The minimum atomic E-state index is -0.162. The van der Waals surface area contributed by atoms with Crippen molar-refractivity contribution in [2.24, 2.45) is 4.99 Å². The Kier molecular flexibility index (Phi) is 5.43. The maximum absolute atomic E-state index is 12.9. The Morgan fingerprint density at radius 1 is 1.08 bits per heavy atom. The van der Waals surface area contributed by atoms with Gasteiger partial charge in [-0.3, -0.25) is 19.1 Å². The molecule has 1 aliphatic rings. The van der Waals surface area contributed by atoms with E-state index in [0.29, 0.717) is 22.8 Å². The first-order valence-corrected chi connectivity index (χ1v) is 8.77. The molecule has 1 N–H and O–H groups in total. The molecule has 1 fully saturated rings. The molecule has 5 heteroatoms. The summed E-state index contributed by atoms with van der Waals surface area (Å²) in [4.78, 5) is 29.0. The van der Waals surface area contributed by atoms with E-state index in [2.05, 4.69) is 5.32 Å². The first-order chi connectivity index (χ1) is 12.1. The van der Waals surface area contributed by atoms with Crippen molar-refractivity contribution in [2.45, 2.75) is 45.1 Å². The Labute approximate surface area is 147 Å². The number of rotatable bonds is 3. The van der Waals surface area contributed by atoms with E-state index in [-0.39, 0.29) is 11.8 Å². The Morgan fingerprint density at radius 3 is 2.64 bits per heavy atom. The van der Waals surface area contributed by atoms with Crippen LogP contribution < -0.4 is 10.8 Å². The van der Waals surface area contributed by atoms with E-state index in [0.717, 1.165) is 12.8 Å². The predicted octanol–water partition coefficient (Wildman–Crippen LogP) is 3.37. The van der Waals surface area contributed by atoms with Gasteiger partial charge in [-0.25, -0.2) is 0 Å². The van der Waals surface area contributed by atoms with Gasteiger partial charge in [-0.05, 0) is 43.2 Å². The molecule has 3 rings (SSSR count). The summed E-state index contributed by atoms with van der Waals surface area (Å²) in [5, 5.41) is 2.71. The van der Waals surface area contributed by atoms with E-state index in [1.165, 1.54) is 26.2 Å². The molecule has 25 heavy (non-hydrogen) atoms. The summed E-state index contributed by atoms with van der Waals surface area (Å²) < 4.78 is 1.58. The molecule has 1 aromatic carbocycles. The minimum Gasteiger partial charge on any atom is -0.326 e. The molecule has 0 atom stereocenters. The van der Waals surface area contributed by atoms with Crippen molar-refractivity contribution in [3.63, 3.8) is 0 Å². The van der Waals surface area contributed by atoms with E-state index in [9.17, 15) is 9.59 Å². The van der Waals surface area contributed by atoms with Gasteiger partial charge in [-0.2, -0.15) is 0 Å². The summed E-state index contributed by atoms with van der Waals surface area (Å²) in [6, 6.07) is 12.9. The molecule has 2 aromatic rings. The largest absolute Gasteiger partial charge is 0.326 e. The quantitative estimate of drug-likeness (QED) is 0.933. The fourth-order valence-electron chi connectivity index (χ4n) is 3.18. The van der Waals surface area contributed by atoms with Crippen molar-refractivity contribution in [1.29, 1.82) is 0 Å². The van der Waals surface area contributed by atoms with Gasteiger partial charge in [0.15, 0.2) is 0 Å². The highest BCUT2D eigenvalue weighted by Gasteiger charge is 2.14. The van der Waals surface area contributed by atoms with Crippen LogP contribution in [0.3, 0.4) is 0 Å². The number of nitrogens with one attached hydrogen (secondary N) is 1. The van der Waals surface area contributed by atoms with Crippen molar-refractivity contribution < 1.29 is 9.59 Å². The molecular formula is C20H23N3O2. The fraction of sp³-hybridized carbons (Fsp3) is 0.350. The SMILES string of the molecule is CC(=O)Nc1cccc(C(=O)n2ccccc2=NC2CCCCC2)c1. The standard InChI is InChI=1S/C20H23N3O2/c1-15(24)21-18-11-7-8-16(14-18)20(25)23-13-6-5-12-19(23)22-17-9-3-2-4-10-17/h5-8,11-14,17H,2-4,9-10H2,1H3,(H,21,24). The highest BCUT2D eigenvalue weighted by atomic mass is 16.2. The van der Waals surface area contributed by atoms with Gasteiger partial charge in [0.2, 0.25) is 5.91 Å². The topological polar surface area (TPSA) is 63.5 Å². The Hall–Kier alpha value is -2.69. The normalized spacial score (nSPS) is 15.8. The average Bonchev–Trinajstić information content (AvgIpc) is 2.62. The third-order valence-electron chi connectivity index (χ3n) is 4.38. The molecule has 0 spiro atoms. The van der Waals surface area contributed by atoms with E-state index in [4.69, 9.17) is 4.99 Å². The summed E-state index contributed by atoms with van der Waals surface area (Å²) >= 11 is 0. The summed E-state index contributed by atoms with van der Waals surface area (Å²) in [6.07, 6.45) is 7.59. The van der Waals surface area contributed by atoms with Crippen LogP contribution in [0.4, 0.5) is 5.69 Å². The summed E-state index contributed by atoms with van der Waals surface area (Å²) in [5.74, 6) is -0.313. The van der Waals surface area contributed by atoms with Gasteiger partial charge in [-0.1, -0.05) is 31.4 Å². The van der Waals surface area contributed by atoms with Crippen LogP contribution in [-0.4, -0.2) is 22.4 Å². The van der Waals surface area contributed by atoms with Crippen LogP contribution in [0.15, 0.2) is 53.7 Å². The van der Waals surface area contributed by atoms with E-state index in [1.54, 1.807) is 35.0 Å². The third-order valence-corrected chi connectivity index (χ3v) is 4.38. The van der Waals surface area contributed by atoms with Crippen LogP contribution in [-0.2, 0) is 4.79 Å². The smallest absolute Gasteiger partial charge is 0.263 e. The molecule has 0 unspecified atom stereocenters. The molecule has 130 valence electrons. The highest BCUT2D eigenvalue weighted by molar-refractivity contribution is 5.98. The van der Waals surface area contributed by atoms with Crippen LogP contribution in [0, 0.1) is 0 Å². The Balaban J connectivity index is 1.92. The molecule has 0 saturated heterocycles. The minimum absolute atomic E-state index is 0.151. The van der Waals surface area contributed by atoms with Crippen molar-refractivity contribution >= 4 is 17.5 Å². The zero-order chi connectivity index (χ0) is 17.6. The van der Waals surface area contributed by atoms with Crippen molar-refractivity contribution in [3.8, 4) is 0 Å². The number of carbonyl (C=O) groups excluding carboxylic acids is 2. The second-order valence-corrected chi connectivity index (χ2v) is 6.42. The molecular weight excluding hydrogens is 314 g/mol. The monoisotopic (exact) mass is 337 g/mol. The zero-order valence-electron chi connectivity index (χ0n) is 14.4. The first kappa shape index (κ1) is 17.1. The molecule has 0 aliphatic heterocycles. The second-order valence-electron chi connectivity index (χ2n) is 6.42. The number of pyridine rings is 1. The predicted molar refractivity (Wildman–Crippen MR) is 97.3 cm³/mol. The van der Waals surface area contributed by atoms with Gasteiger partial charge in [0.1, 0.15) is 5.49 Å². The average molecular weight is 337 g/mol. The third kappa shape index (κ3) is 4.44. The molecule has 1 heterocycles. The van der Waals surface area contributed by atoms with Crippen LogP contribution in [0.5, 0.6) is 0 Å². The lowest BCUT2D eigenvalue weighted by atomic mass is 9.96. The van der Waals surface area contributed by atoms with Gasteiger partial charge in [-0.15, -0.1) is 0 Å². The van der Waals surface area contributed by atoms with Crippen LogP contribution >= 0.6 is 0 Å². The number of hydrogen-bond donors (Lipinski definition) is 1. The van der Waals surface area contributed by atoms with Crippen LogP contribution in [0.2, 0.25) is 0 Å². The van der Waals surface area contributed by atoms with Crippen molar-refractivity contribution in [3.05, 3.63) is 59.7 Å². The lowest BCUT2D eigenvalue weighted by Gasteiger charge is -2.17. The Bertz CT molecular complexity index is 833. The van der Waals surface area contributed by atoms with Gasteiger partial charge in [0, 0.05) is 24.4 Å². The summed E-state index contributed by atoms with van der Waals surface area (Å²) in [7, 11) is 0. The van der Waals surface area contributed by atoms with Gasteiger partial charge in [0.05, 0.1) is 6.04 Å². The van der Waals surface area contributed by atoms with Gasteiger partial charge >= 0.3 is 0 Å². The number of hydrogen-bond acceptors (Lipinski definition) is 3. The van der Waals surface area contributed by atoms with Crippen molar-refractivity contribution in [2.75, 3.05) is 5.32 Å². The maximum Gasteiger partial charge on any atom is 0.263 e. The number of nitrogens with zero attached hydrogens (tertiary/aromatic N) is 2. The van der Waals surface area contributed by atoms with E-state index in [1.807, 2.05) is 18.2 Å². The second kappa shape index (κ2) is 7.92. The number of aromatic nitrogens is 1. The lowest BCUT2D eigenvalue weighted by molar-refractivity contribution is -0.114. The number of benzene rings is 1. The molecule has 0 bridgehead atoms. The van der Waals surface area contributed by atoms with E-state index < -0.39 is 0 Å². The zero-order valence-corrected chi connectivity index (χ0v) is 14.4. The molecule has 0 radical (unpaired) electrons.